The van der Waals surface area contributed by atoms with Crippen LogP contribution in [-0.4, -0.2) is 52.8 Å². The number of ether oxygens (including phenoxy) is 2. The van der Waals surface area contributed by atoms with Gasteiger partial charge in [-0.2, -0.15) is 0 Å². The Morgan fingerprint density at radius 1 is 1.26 bits per heavy atom. The molecule has 1 spiro atoms. The zero-order valence-corrected chi connectivity index (χ0v) is 18.5. The molecule has 2 aromatic rings. The third kappa shape index (κ3) is 3.78. The lowest BCUT2D eigenvalue weighted by molar-refractivity contribution is -0.0597. The normalized spacial score (nSPS) is 22.5. The van der Waals surface area contributed by atoms with Crippen molar-refractivity contribution in [3.63, 3.8) is 0 Å². The molecule has 1 atom stereocenters. The first kappa shape index (κ1) is 20.9. The molecule has 3 aliphatic heterocycles. The first-order chi connectivity index (χ1) is 15.0. The van der Waals surface area contributed by atoms with Crippen LogP contribution in [0.2, 0.25) is 5.02 Å². The second-order valence-electron chi connectivity index (χ2n) is 8.91. The van der Waals surface area contributed by atoms with Gasteiger partial charge in [-0.1, -0.05) is 23.7 Å². The number of benzene rings is 1. The number of rotatable bonds is 3. The van der Waals surface area contributed by atoms with Gasteiger partial charge in [-0.05, 0) is 38.2 Å². The van der Waals surface area contributed by atoms with Crippen LogP contribution in [-0.2, 0) is 17.8 Å². The fraction of sp³-hybridized carbons (Fsp3) is 0.565. The number of fused-ring (bicyclic) bond motifs is 1. The van der Waals surface area contributed by atoms with Gasteiger partial charge in [0.05, 0.1) is 36.2 Å². The van der Waals surface area contributed by atoms with Crippen LogP contribution < -0.4 is 9.64 Å². The van der Waals surface area contributed by atoms with Crippen molar-refractivity contribution in [1.82, 2.24) is 9.97 Å². The zero-order valence-electron chi connectivity index (χ0n) is 17.7. The summed E-state index contributed by atoms with van der Waals surface area (Å²) in [4.78, 5) is 11.8. The van der Waals surface area contributed by atoms with E-state index in [0.717, 1.165) is 67.2 Å². The van der Waals surface area contributed by atoms with Crippen LogP contribution in [0, 0.1) is 12.3 Å². The average Bonchev–Trinajstić information content (AvgIpc) is 3.15. The Balaban J connectivity index is 1.44. The lowest BCUT2D eigenvalue weighted by Gasteiger charge is -2.39. The van der Waals surface area contributed by atoms with Gasteiger partial charge in [-0.3, -0.25) is 0 Å². The number of anilines is 1. The fourth-order valence-electron chi connectivity index (χ4n) is 5.03. The van der Waals surface area contributed by atoms with Crippen molar-refractivity contribution in [3.05, 3.63) is 34.1 Å². The summed E-state index contributed by atoms with van der Waals surface area (Å²) in [6.45, 7) is 4.60. The Morgan fingerprint density at radius 2 is 2.06 bits per heavy atom. The van der Waals surface area contributed by atoms with Crippen molar-refractivity contribution in [2.45, 2.75) is 51.9 Å². The number of aliphatic hydroxyl groups is 2. The van der Waals surface area contributed by atoms with E-state index in [1.165, 1.54) is 0 Å². The van der Waals surface area contributed by atoms with Gasteiger partial charge in [0.2, 0.25) is 0 Å². The van der Waals surface area contributed by atoms with Gasteiger partial charge in [0, 0.05) is 30.5 Å². The molecule has 2 fully saturated rings. The average molecular weight is 446 g/mol. The van der Waals surface area contributed by atoms with E-state index in [0.29, 0.717) is 36.0 Å². The first-order valence-corrected chi connectivity index (χ1v) is 11.3. The van der Waals surface area contributed by atoms with Crippen LogP contribution in [0.1, 0.15) is 42.6 Å². The summed E-state index contributed by atoms with van der Waals surface area (Å²) < 4.78 is 11.2. The Bertz CT molecular complexity index is 991. The van der Waals surface area contributed by atoms with E-state index in [1.807, 2.05) is 19.1 Å². The van der Waals surface area contributed by atoms with E-state index < -0.39 is 6.29 Å². The number of aromatic nitrogens is 2. The second-order valence-corrected chi connectivity index (χ2v) is 9.29. The van der Waals surface area contributed by atoms with Crippen molar-refractivity contribution in [3.8, 4) is 17.0 Å². The van der Waals surface area contributed by atoms with E-state index in [4.69, 9.17) is 31.0 Å². The minimum atomic E-state index is -0.647. The Kier molecular flexibility index (Phi) is 5.54. The molecule has 1 aromatic heterocycles. The molecule has 3 aliphatic rings. The van der Waals surface area contributed by atoms with Crippen LogP contribution in [0.5, 0.6) is 5.75 Å². The van der Waals surface area contributed by atoms with Gasteiger partial charge in [0.15, 0.2) is 12.1 Å². The number of hydrogen-bond acceptors (Lipinski definition) is 7. The van der Waals surface area contributed by atoms with Gasteiger partial charge in [0.25, 0.3) is 0 Å². The van der Waals surface area contributed by atoms with Crippen LogP contribution in [0.15, 0.2) is 12.1 Å². The second kappa shape index (κ2) is 8.20. The van der Waals surface area contributed by atoms with Crippen molar-refractivity contribution in [2.24, 2.45) is 5.41 Å². The lowest BCUT2D eigenvalue weighted by Crippen LogP contribution is -2.41. The van der Waals surface area contributed by atoms with E-state index in [-0.39, 0.29) is 12.0 Å². The molecule has 0 saturated carbocycles. The molecule has 0 amide bonds. The predicted octanol–water partition coefficient (Wildman–Crippen LogP) is 3.25. The summed E-state index contributed by atoms with van der Waals surface area (Å²) in [5.41, 5.74) is 3.94. The lowest BCUT2D eigenvalue weighted by atomic mass is 9.77. The van der Waals surface area contributed by atoms with Crippen molar-refractivity contribution in [2.75, 3.05) is 31.2 Å². The highest BCUT2D eigenvalue weighted by atomic mass is 35.5. The molecule has 166 valence electrons. The summed E-state index contributed by atoms with van der Waals surface area (Å²) in [5.74, 6) is 1.46. The summed E-state index contributed by atoms with van der Waals surface area (Å²) in [7, 11) is 0. The molecule has 5 rings (SSSR count). The molecule has 0 unspecified atom stereocenters. The van der Waals surface area contributed by atoms with E-state index in [2.05, 4.69) is 4.90 Å². The molecule has 8 heteroatoms. The van der Waals surface area contributed by atoms with Gasteiger partial charge < -0.3 is 24.6 Å². The third-order valence-electron chi connectivity index (χ3n) is 6.85. The fourth-order valence-corrected chi connectivity index (χ4v) is 5.36. The van der Waals surface area contributed by atoms with Gasteiger partial charge in [-0.25, -0.2) is 9.97 Å². The molecule has 0 aliphatic carbocycles. The predicted molar refractivity (Wildman–Crippen MR) is 117 cm³/mol. The highest BCUT2D eigenvalue weighted by Gasteiger charge is 2.42. The molecular formula is C23H28ClN3O4. The number of aryl methyl sites for hydroxylation is 2. The van der Waals surface area contributed by atoms with Crippen LogP contribution >= 0.6 is 11.6 Å². The van der Waals surface area contributed by atoms with E-state index in [1.54, 1.807) is 0 Å². The van der Waals surface area contributed by atoms with Gasteiger partial charge in [-0.15, -0.1) is 0 Å². The van der Waals surface area contributed by atoms with Crippen LogP contribution in [0.4, 0.5) is 5.82 Å². The summed E-state index contributed by atoms with van der Waals surface area (Å²) in [5, 5.41) is 20.4. The maximum absolute atomic E-state index is 10.1. The number of halogens is 1. The summed E-state index contributed by atoms with van der Waals surface area (Å²) in [6.07, 6.45) is 3.84. The molecule has 0 radical (unpaired) electrons. The molecule has 4 heterocycles. The minimum Gasteiger partial charge on any atom is -0.492 e. The number of nitrogens with zero attached hydrogens (tertiary/aromatic N) is 3. The minimum absolute atomic E-state index is 0.0500. The van der Waals surface area contributed by atoms with E-state index >= 15 is 0 Å². The van der Waals surface area contributed by atoms with Crippen LogP contribution in [0.25, 0.3) is 11.3 Å². The first-order valence-electron chi connectivity index (χ1n) is 11.0. The number of aliphatic hydroxyl groups excluding tert-OH is 2. The van der Waals surface area contributed by atoms with Crippen molar-refractivity contribution < 1.29 is 19.7 Å². The smallest absolute Gasteiger partial charge is 0.155 e. The topological polar surface area (TPSA) is 87.9 Å². The van der Waals surface area contributed by atoms with Crippen molar-refractivity contribution in [1.29, 1.82) is 0 Å². The molecule has 1 aromatic carbocycles. The maximum atomic E-state index is 10.1. The quantitative estimate of drug-likeness (QED) is 0.749. The largest absolute Gasteiger partial charge is 0.492 e. The standard InChI is InChI=1S/C23H28ClN3O4/c1-14-20(16-5-4-15-3-2-10-30-21(15)19(16)24)26-17(12-28)22(25-14)27-8-6-23(7-9-27)11-18(29)31-13-23/h4-5,18,28-29H,2-3,6-13H2,1H3/t18-/m1/s1. The molecule has 2 N–H and O–H groups in total. The Hall–Kier alpha value is -1.93. The van der Waals surface area contributed by atoms with Crippen molar-refractivity contribution >= 4 is 17.4 Å². The highest BCUT2D eigenvalue weighted by molar-refractivity contribution is 6.35. The Labute approximate surface area is 187 Å². The molecule has 2 saturated heterocycles. The van der Waals surface area contributed by atoms with Gasteiger partial charge in [0.1, 0.15) is 11.4 Å². The van der Waals surface area contributed by atoms with E-state index in [9.17, 15) is 10.2 Å². The third-order valence-corrected chi connectivity index (χ3v) is 7.23. The molecule has 7 nitrogen and oxygen atoms in total. The number of piperidine rings is 1. The molecular weight excluding hydrogens is 418 g/mol. The number of hydrogen-bond donors (Lipinski definition) is 2. The monoisotopic (exact) mass is 445 g/mol. The molecule has 31 heavy (non-hydrogen) atoms. The SMILES string of the molecule is Cc1nc(N2CCC3(CC2)CO[C@@H](O)C3)c(CO)nc1-c1ccc2c(c1Cl)OCCC2. The van der Waals surface area contributed by atoms with Gasteiger partial charge >= 0.3 is 0 Å². The zero-order chi connectivity index (χ0) is 21.6. The van der Waals surface area contributed by atoms with Crippen LogP contribution in [0.3, 0.4) is 0 Å². The maximum Gasteiger partial charge on any atom is 0.155 e. The summed E-state index contributed by atoms with van der Waals surface area (Å²) in [6, 6.07) is 4.02. The highest BCUT2D eigenvalue weighted by Crippen LogP contribution is 2.43. The molecule has 0 bridgehead atoms. The summed E-state index contributed by atoms with van der Waals surface area (Å²) >= 11 is 6.70. The Morgan fingerprint density at radius 3 is 2.77 bits per heavy atom.